The Labute approximate surface area is 112 Å². The second-order valence-electron chi connectivity index (χ2n) is 4.43. The largest absolute Gasteiger partial charge is 0.377 e. The van der Waals surface area contributed by atoms with Crippen LogP contribution in [0.2, 0.25) is 0 Å². The van der Waals surface area contributed by atoms with Crippen LogP contribution in [0.5, 0.6) is 0 Å². The third kappa shape index (κ3) is 3.23. The van der Waals surface area contributed by atoms with E-state index in [0.29, 0.717) is 6.10 Å². The van der Waals surface area contributed by atoms with E-state index in [0.717, 1.165) is 25.0 Å². The molecule has 1 fully saturated rings. The number of nitrogens with zero attached hydrogens (tertiary/aromatic N) is 1. The van der Waals surface area contributed by atoms with Crippen molar-refractivity contribution in [2.75, 3.05) is 24.6 Å². The van der Waals surface area contributed by atoms with Gasteiger partial charge in [-0.25, -0.2) is 0 Å². The summed E-state index contributed by atoms with van der Waals surface area (Å²) in [5, 5.41) is 0.916. The van der Waals surface area contributed by atoms with Crippen LogP contribution in [0.1, 0.15) is 25.3 Å². The Morgan fingerprint density at radius 3 is 3.00 bits per heavy atom. The van der Waals surface area contributed by atoms with Gasteiger partial charge in [0, 0.05) is 30.7 Å². The molecule has 2 rings (SSSR count). The minimum atomic E-state index is 0.400. The summed E-state index contributed by atoms with van der Waals surface area (Å²) >= 11 is 3.56. The fourth-order valence-corrected chi connectivity index (χ4v) is 2.94. The molecular formula is C14H20BrNO. The van der Waals surface area contributed by atoms with Crippen molar-refractivity contribution in [1.82, 2.24) is 0 Å². The molecule has 0 aromatic heterocycles. The van der Waals surface area contributed by atoms with E-state index in [1.807, 2.05) is 0 Å². The molecular weight excluding hydrogens is 278 g/mol. The van der Waals surface area contributed by atoms with Gasteiger partial charge in [0.25, 0.3) is 0 Å². The Kier molecular flexibility index (Phi) is 4.86. The highest BCUT2D eigenvalue weighted by Gasteiger charge is 2.21. The summed E-state index contributed by atoms with van der Waals surface area (Å²) in [6.07, 6.45) is 2.82. The molecule has 1 heterocycles. The molecule has 0 radical (unpaired) electrons. The normalized spacial score (nSPS) is 20.6. The Morgan fingerprint density at radius 1 is 1.41 bits per heavy atom. The van der Waals surface area contributed by atoms with Crippen molar-refractivity contribution < 1.29 is 4.74 Å². The molecule has 1 aromatic carbocycles. The molecule has 0 amide bonds. The summed E-state index contributed by atoms with van der Waals surface area (Å²) in [7, 11) is 0. The predicted molar refractivity (Wildman–Crippen MR) is 75.9 cm³/mol. The fourth-order valence-electron chi connectivity index (χ4n) is 2.46. The molecule has 1 aromatic rings. The van der Waals surface area contributed by atoms with Gasteiger partial charge in [0.05, 0.1) is 6.10 Å². The van der Waals surface area contributed by atoms with Crippen LogP contribution in [0.15, 0.2) is 24.3 Å². The number of alkyl halides is 1. The average molecular weight is 298 g/mol. The average Bonchev–Trinajstić information content (AvgIpc) is 2.39. The number of piperidine rings is 1. The Hall–Kier alpha value is -0.540. The number of benzene rings is 1. The maximum absolute atomic E-state index is 5.75. The standard InChI is InChI=1S/C14H20BrNO/c1-2-17-13-7-5-9-16(11-13)14-8-4-3-6-12(14)10-15/h3-4,6,8,13H,2,5,7,9-11H2,1H3. The van der Waals surface area contributed by atoms with Gasteiger partial charge >= 0.3 is 0 Å². The third-order valence-electron chi connectivity index (χ3n) is 3.26. The topological polar surface area (TPSA) is 12.5 Å². The van der Waals surface area contributed by atoms with E-state index in [2.05, 4.69) is 52.0 Å². The van der Waals surface area contributed by atoms with Gasteiger partial charge in [-0.15, -0.1) is 0 Å². The molecule has 0 bridgehead atoms. The lowest BCUT2D eigenvalue weighted by atomic mass is 10.1. The van der Waals surface area contributed by atoms with Gasteiger partial charge in [-0.05, 0) is 31.4 Å². The molecule has 1 saturated heterocycles. The van der Waals surface area contributed by atoms with E-state index in [1.54, 1.807) is 0 Å². The smallest absolute Gasteiger partial charge is 0.0750 e. The monoisotopic (exact) mass is 297 g/mol. The Morgan fingerprint density at radius 2 is 2.24 bits per heavy atom. The SMILES string of the molecule is CCOC1CCCN(c2ccccc2CBr)C1. The third-order valence-corrected chi connectivity index (χ3v) is 3.86. The zero-order chi connectivity index (χ0) is 12.1. The molecule has 1 atom stereocenters. The van der Waals surface area contributed by atoms with Crippen molar-refractivity contribution in [2.45, 2.75) is 31.2 Å². The molecule has 1 unspecified atom stereocenters. The van der Waals surface area contributed by atoms with E-state index in [1.165, 1.54) is 24.1 Å². The maximum Gasteiger partial charge on any atom is 0.0750 e. The van der Waals surface area contributed by atoms with E-state index in [4.69, 9.17) is 4.74 Å². The van der Waals surface area contributed by atoms with Crippen LogP contribution >= 0.6 is 15.9 Å². The van der Waals surface area contributed by atoms with E-state index >= 15 is 0 Å². The van der Waals surface area contributed by atoms with Crippen molar-refractivity contribution in [3.05, 3.63) is 29.8 Å². The van der Waals surface area contributed by atoms with Crippen LogP contribution < -0.4 is 4.90 Å². The molecule has 1 aliphatic heterocycles. The first kappa shape index (κ1) is 12.9. The number of halogens is 1. The zero-order valence-corrected chi connectivity index (χ0v) is 11.9. The van der Waals surface area contributed by atoms with E-state index < -0.39 is 0 Å². The quantitative estimate of drug-likeness (QED) is 0.788. The molecule has 17 heavy (non-hydrogen) atoms. The first-order chi connectivity index (χ1) is 8.35. The van der Waals surface area contributed by atoms with Crippen LogP contribution in [-0.2, 0) is 10.1 Å². The molecule has 0 saturated carbocycles. The second kappa shape index (κ2) is 6.41. The van der Waals surface area contributed by atoms with Crippen molar-refractivity contribution in [3.8, 4) is 0 Å². The molecule has 0 N–H and O–H groups in total. The molecule has 2 nitrogen and oxygen atoms in total. The summed E-state index contributed by atoms with van der Waals surface area (Å²) in [6, 6.07) is 8.62. The van der Waals surface area contributed by atoms with Gasteiger partial charge in [-0.2, -0.15) is 0 Å². The maximum atomic E-state index is 5.75. The Bertz CT molecular complexity index is 354. The summed E-state index contributed by atoms with van der Waals surface area (Å²) in [4.78, 5) is 2.46. The van der Waals surface area contributed by atoms with Crippen molar-refractivity contribution >= 4 is 21.6 Å². The second-order valence-corrected chi connectivity index (χ2v) is 4.99. The van der Waals surface area contributed by atoms with Crippen LogP contribution in [0, 0.1) is 0 Å². The minimum Gasteiger partial charge on any atom is -0.377 e. The number of hydrogen-bond donors (Lipinski definition) is 0. The number of ether oxygens (including phenoxy) is 1. The van der Waals surface area contributed by atoms with Gasteiger partial charge < -0.3 is 9.64 Å². The van der Waals surface area contributed by atoms with E-state index in [9.17, 15) is 0 Å². The van der Waals surface area contributed by atoms with Gasteiger partial charge in [0.15, 0.2) is 0 Å². The Balaban J connectivity index is 2.10. The molecule has 3 heteroatoms. The van der Waals surface area contributed by atoms with Gasteiger partial charge in [0.2, 0.25) is 0 Å². The summed E-state index contributed by atoms with van der Waals surface area (Å²) in [5.74, 6) is 0. The van der Waals surface area contributed by atoms with Gasteiger partial charge in [-0.1, -0.05) is 34.1 Å². The number of para-hydroxylation sites is 1. The summed E-state index contributed by atoms with van der Waals surface area (Å²) in [6.45, 7) is 5.06. The van der Waals surface area contributed by atoms with E-state index in [-0.39, 0.29) is 0 Å². The summed E-state index contributed by atoms with van der Waals surface area (Å²) in [5.41, 5.74) is 2.72. The molecule has 0 spiro atoms. The number of rotatable bonds is 4. The van der Waals surface area contributed by atoms with Gasteiger partial charge in [0.1, 0.15) is 0 Å². The molecule has 1 aliphatic rings. The molecule has 94 valence electrons. The first-order valence-corrected chi connectivity index (χ1v) is 7.47. The highest BCUT2D eigenvalue weighted by Crippen LogP contribution is 2.26. The van der Waals surface area contributed by atoms with Crippen molar-refractivity contribution in [2.24, 2.45) is 0 Å². The highest BCUT2D eigenvalue weighted by atomic mass is 79.9. The fraction of sp³-hybridized carbons (Fsp3) is 0.571. The first-order valence-electron chi connectivity index (χ1n) is 6.35. The number of anilines is 1. The lowest BCUT2D eigenvalue weighted by molar-refractivity contribution is 0.0526. The lowest BCUT2D eigenvalue weighted by Gasteiger charge is -2.35. The van der Waals surface area contributed by atoms with Crippen LogP contribution in [0.3, 0.4) is 0 Å². The minimum absolute atomic E-state index is 0.400. The van der Waals surface area contributed by atoms with Crippen molar-refractivity contribution in [1.29, 1.82) is 0 Å². The highest BCUT2D eigenvalue weighted by molar-refractivity contribution is 9.08. The lowest BCUT2D eigenvalue weighted by Crippen LogP contribution is -2.40. The molecule has 0 aliphatic carbocycles. The predicted octanol–water partition coefficient (Wildman–Crippen LogP) is 3.59. The van der Waals surface area contributed by atoms with Crippen molar-refractivity contribution in [3.63, 3.8) is 0 Å². The number of hydrogen-bond acceptors (Lipinski definition) is 2. The van der Waals surface area contributed by atoms with Gasteiger partial charge in [-0.3, -0.25) is 0 Å². The summed E-state index contributed by atoms with van der Waals surface area (Å²) < 4.78 is 5.75. The van der Waals surface area contributed by atoms with Crippen LogP contribution in [-0.4, -0.2) is 25.8 Å². The zero-order valence-electron chi connectivity index (χ0n) is 10.4. The van der Waals surface area contributed by atoms with Crippen LogP contribution in [0.4, 0.5) is 5.69 Å². The van der Waals surface area contributed by atoms with Crippen LogP contribution in [0.25, 0.3) is 0 Å².